The highest BCUT2D eigenvalue weighted by Crippen LogP contribution is 2.24. The Kier molecular flexibility index (Phi) is 4.36. The fraction of sp³-hybridized carbons (Fsp3) is 0.353. The summed E-state index contributed by atoms with van der Waals surface area (Å²) in [6.45, 7) is 2.37. The molecule has 0 aliphatic heterocycles. The summed E-state index contributed by atoms with van der Waals surface area (Å²) in [4.78, 5) is 12.4. The molecular weight excluding hydrogens is 280 g/mol. The molecule has 1 unspecified atom stereocenters. The van der Waals surface area contributed by atoms with Gasteiger partial charge in [-0.3, -0.25) is 4.79 Å². The summed E-state index contributed by atoms with van der Waals surface area (Å²) >= 11 is 1.69. The fourth-order valence-electron chi connectivity index (χ4n) is 2.89. The standard InChI is InChI=1S/C17H20N2OS/c1-12(20)19-16-8-9-21-17(16)11-18-15-7-6-13-4-2-3-5-14(13)10-15/h2-5,8-9,15,18H,6-7,10-11H2,1H3,(H,19,20). The van der Waals surface area contributed by atoms with E-state index in [1.165, 1.54) is 22.4 Å². The molecule has 2 N–H and O–H groups in total. The lowest BCUT2D eigenvalue weighted by Gasteiger charge is -2.25. The van der Waals surface area contributed by atoms with Crippen LogP contribution in [0.2, 0.25) is 0 Å². The summed E-state index contributed by atoms with van der Waals surface area (Å²) < 4.78 is 0. The number of aryl methyl sites for hydroxylation is 1. The van der Waals surface area contributed by atoms with Gasteiger partial charge in [0.05, 0.1) is 5.69 Å². The normalized spacial score (nSPS) is 17.3. The molecule has 1 atom stereocenters. The lowest BCUT2D eigenvalue weighted by atomic mass is 9.88. The van der Waals surface area contributed by atoms with Gasteiger partial charge in [0.25, 0.3) is 0 Å². The van der Waals surface area contributed by atoms with E-state index in [0.717, 1.165) is 25.1 Å². The van der Waals surface area contributed by atoms with Crippen LogP contribution >= 0.6 is 11.3 Å². The zero-order valence-electron chi connectivity index (χ0n) is 12.2. The highest BCUT2D eigenvalue weighted by Gasteiger charge is 2.18. The first-order chi connectivity index (χ1) is 10.2. The Morgan fingerprint density at radius 2 is 2.10 bits per heavy atom. The Morgan fingerprint density at radius 1 is 1.29 bits per heavy atom. The fourth-order valence-corrected chi connectivity index (χ4v) is 3.67. The first-order valence-corrected chi connectivity index (χ1v) is 8.24. The van der Waals surface area contributed by atoms with Crippen molar-refractivity contribution in [1.29, 1.82) is 0 Å². The predicted molar refractivity (Wildman–Crippen MR) is 87.7 cm³/mol. The molecule has 0 radical (unpaired) electrons. The molecule has 0 saturated carbocycles. The molecule has 0 spiro atoms. The molecular formula is C17H20N2OS. The summed E-state index contributed by atoms with van der Waals surface area (Å²) in [7, 11) is 0. The molecule has 4 heteroatoms. The van der Waals surface area contributed by atoms with Gasteiger partial charge in [-0.15, -0.1) is 11.3 Å². The van der Waals surface area contributed by atoms with Gasteiger partial charge in [-0.05, 0) is 41.8 Å². The Bertz CT molecular complexity index is 635. The van der Waals surface area contributed by atoms with E-state index in [-0.39, 0.29) is 5.91 Å². The summed E-state index contributed by atoms with van der Waals surface area (Å²) in [5, 5.41) is 8.55. The van der Waals surface area contributed by atoms with Crippen molar-refractivity contribution in [2.45, 2.75) is 38.8 Å². The molecule has 1 aliphatic carbocycles. The zero-order chi connectivity index (χ0) is 14.7. The smallest absolute Gasteiger partial charge is 0.221 e. The molecule has 1 amide bonds. The lowest BCUT2D eigenvalue weighted by Crippen LogP contribution is -2.34. The first-order valence-electron chi connectivity index (χ1n) is 7.36. The van der Waals surface area contributed by atoms with Crippen LogP contribution in [0.5, 0.6) is 0 Å². The first kappa shape index (κ1) is 14.3. The molecule has 1 aromatic heterocycles. The highest BCUT2D eigenvalue weighted by molar-refractivity contribution is 7.10. The molecule has 1 aliphatic rings. The number of rotatable bonds is 4. The van der Waals surface area contributed by atoms with Crippen LogP contribution in [0.1, 0.15) is 29.3 Å². The molecule has 21 heavy (non-hydrogen) atoms. The second-order valence-corrected chi connectivity index (χ2v) is 6.53. The zero-order valence-corrected chi connectivity index (χ0v) is 13.0. The second kappa shape index (κ2) is 6.41. The largest absolute Gasteiger partial charge is 0.325 e. The molecule has 1 aromatic carbocycles. The predicted octanol–water partition coefficient (Wildman–Crippen LogP) is 3.35. The number of hydrogen-bond acceptors (Lipinski definition) is 3. The van der Waals surface area contributed by atoms with E-state index in [2.05, 4.69) is 34.9 Å². The third-order valence-corrected chi connectivity index (χ3v) is 4.88. The minimum atomic E-state index is -0.0127. The summed E-state index contributed by atoms with van der Waals surface area (Å²) in [6, 6.07) is 11.2. The Morgan fingerprint density at radius 3 is 2.90 bits per heavy atom. The van der Waals surface area contributed by atoms with Gasteiger partial charge in [0.2, 0.25) is 5.91 Å². The molecule has 3 rings (SSSR count). The number of thiophene rings is 1. The maximum Gasteiger partial charge on any atom is 0.221 e. The highest BCUT2D eigenvalue weighted by atomic mass is 32.1. The summed E-state index contributed by atoms with van der Waals surface area (Å²) in [6.07, 6.45) is 3.42. The monoisotopic (exact) mass is 300 g/mol. The molecule has 2 aromatic rings. The van der Waals surface area contributed by atoms with Gasteiger partial charge in [0.1, 0.15) is 0 Å². The van der Waals surface area contributed by atoms with Crippen LogP contribution in [0.4, 0.5) is 5.69 Å². The van der Waals surface area contributed by atoms with Gasteiger partial charge in [-0.1, -0.05) is 24.3 Å². The topological polar surface area (TPSA) is 41.1 Å². The average molecular weight is 300 g/mol. The van der Waals surface area contributed by atoms with E-state index >= 15 is 0 Å². The van der Waals surface area contributed by atoms with E-state index in [1.54, 1.807) is 18.3 Å². The van der Waals surface area contributed by atoms with Crippen molar-refractivity contribution in [3.63, 3.8) is 0 Å². The van der Waals surface area contributed by atoms with Crippen LogP contribution in [0.25, 0.3) is 0 Å². The van der Waals surface area contributed by atoms with Crippen molar-refractivity contribution in [2.75, 3.05) is 5.32 Å². The van der Waals surface area contributed by atoms with Crippen molar-refractivity contribution < 1.29 is 4.79 Å². The minimum Gasteiger partial charge on any atom is -0.325 e. The Balaban J connectivity index is 1.59. The van der Waals surface area contributed by atoms with Crippen LogP contribution in [0, 0.1) is 0 Å². The van der Waals surface area contributed by atoms with Crippen molar-refractivity contribution in [2.24, 2.45) is 0 Å². The van der Waals surface area contributed by atoms with Gasteiger partial charge in [0, 0.05) is 24.4 Å². The van der Waals surface area contributed by atoms with E-state index < -0.39 is 0 Å². The second-order valence-electron chi connectivity index (χ2n) is 5.53. The van der Waals surface area contributed by atoms with Crippen molar-refractivity contribution >= 4 is 22.9 Å². The van der Waals surface area contributed by atoms with Crippen LogP contribution in [0.15, 0.2) is 35.7 Å². The number of amides is 1. The van der Waals surface area contributed by atoms with Gasteiger partial charge in [0.15, 0.2) is 0 Å². The Hall–Kier alpha value is -1.65. The maximum absolute atomic E-state index is 11.2. The number of carbonyl (C=O) groups excluding carboxylic acids is 1. The van der Waals surface area contributed by atoms with Crippen molar-refractivity contribution in [3.8, 4) is 0 Å². The average Bonchev–Trinajstić information content (AvgIpc) is 2.91. The number of benzene rings is 1. The van der Waals surface area contributed by atoms with Crippen molar-refractivity contribution in [3.05, 3.63) is 51.7 Å². The third kappa shape index (κ3) is 3.52. The molecule has 1 heterocycles. The Labute approximate surface area is 129 Å². The number of carbonyl (C=O) groups is 1. The third-order valence-electron chi connectivity index (χ3n) is 3.95. The maximum atomic E-state index is 11.2. The lowest BCUT2D eigenvalue weighted by molar-refractivity contribution is -0.114. The van der Waals surface area contributed by atoms with Crippen molar-refractivity contribution in [1.82, 2.24) is 5.32 Å². The molecule has 0 bridgehead atoms. The van der Waals surface area contributed by atoms with Gasteiger partial charge in [-0.2, -0.15) is 0 Å². The number of hydrogen-bond donors (Lipinski definition) is 2. The molecule has 0 fully saturated rings. The van der Waals surface area contributed by atoms with E-state index in [1.807, 2.05) is 11.4 Å². The van der Waals surface area contributed by atoms with Gasteiger partial charge >= 0.3 is 0 Å². The summed E-state index contributed by atoms with van der Waals surface area (Å²) in [5.41, 5.74) is 3.90. The number of fused-ring (bicyclic) bond motifs is 1. The van der Waals surface area contributed by atoms with Crippen LogP contribution in [-0.4, -0.2) is 11.9 Å². The van der Waals surface area contributed by atoms with Gasteiger partial charge < -0.3 is 10.6 Å². The number of nitrogens with one attached hydrogen (secondary N) is 2. The van der Waals surface area contributed by atoms with Crippen LogP contribution < -0.4 is 10.6 Å². The number of anilines is 1. The van der Waals surface area contributed by atoms with E-state index in [9.17, 15) is 4.79 Å². The van der Waals surface area contributed by atoms with Crippen LogP contribution in [0.3, 0.4) is 0 Å². The quantitative estimate of drug-likeness (QED) is 0.909. The van der Waals surface area contributed by atoms with Crippen LogP contribution in [-0.2, 0) is 24.2 Å². The van der Waals surface area contributed by atoms with E-state index in [0.29, 0.717) is 6.04 Å². The minimum absolute atomic E-state index is 0.0127. The SMILES string of the molecule is CC(=O)Nc1ccsc1CNC1CCc2ccccc2C1. The molecule has 0 saturated heterocycles. The molecule has 3 nitrogen and oxygen atoms in total. The summed E-state index contributed by atoms with van der Waals surface area (Å²) in [5.74, 6) is -0.0127. The van der Waals surface area contributed by atoms with Gasteiger partial charge in [-0.25, -0.2) is 0 Å². The van der Waals surface area contributed by atoms with E-state index in [4.69, 9.17) is 0 Å². The molecule has 110 valence electrons.